The minimum Gasteiger partial charge on any atom is -0.497 e. The predicted molar refractivity (Wildman–Crippen MR) is 91.8 cm³/mol. The number of ether oxygens (including phenoxy) is 1. The molecule has 24 heavy (non-hydrogen) atoms. The van der Waals surface area contributed by atoms with E-state index in [9.17, 15) is 9.59 Å². The molecule has 0 aromatic heterocycles. The van der Waals surface area contributed by atoms with Crippen LogP contribution >= 0.6 is 0 Å². The molecule has 0 aliphatic rings. The molecule has 5 nitrogen and oxygen atoms in total. The summed E-state index contributed by atoms with van der Waals surface area (Å²) in [7, 11) is 1.56. The monoisotopic (exact) mass is 327 g/mol. The van der Waals surface area contributed by atoms with E-state index in [1.54, 1.807) is 43.5 Å². The van der Waals surface area contributed by atoms with E-state index in [0.717, 1.165) is 29.3 Å². The number of methoxy groups -OCH3 is 1. The molecular formula is C19H21NO4. The Morgan fingerprint density at radius 1 is 1.12 bits per heavy atom. The summed E-state index contributed by atoms with van der Waals surface area (Å²) in [5, 5.41) is 9.05. The van der Waals surface area contributed by atoms with E-state index in [1.807, 2.05) is 13.0 Å². The molecular weight excluding hydrogens is 306 g/mol. The Kier molecular flexibility index (Phi) is 6.09. The van der Waals surface area contributed by atoms with Crippen molar-refractivity contribution in [1.82, 2.24) is 0 Å². The molecule has 0 amide bonds. The van der Waals surface area contributed by atoms with E-state index in [-0.39, 0.29) is 0 Å². The van der Waals surface area contributed by atoms with Crippen LogP contribution in [-0.2, 0) is 16.0 Å². The zero-order valence-electron chi connectivity index (χ0n) is 13.7. The number of benzene rings is 2. The molecule has 2 N–H and O–H groups in total. The fraction of sp³-hybridized carbons (Fsp3) is 0.263. The fourth-order valence-electron chi connectivity index (χ4n) is 2.88. The van der Waals surface area contributed by atoms with Crippen LogP contribution in [0.1, 0.15) is 35.4 Å². The van der Waals surface area contributed by atoms with Gasteiger partial charge in [-0.05, 0) is 47.4 Å². The Hall–Kier alpha value is -2.66. The van der Waals surface area contributed by atoms with Gasteiger partial charge in [-0.15, -0.1) is 0 Å². The summed E-state index contributed by atoms with van der Waals surface area (Å²) >= 11 is 0. The van der Waals surface area contributed by atoms with Gasteiger partial charge in [-0.3, -0.25) is 10.7 Å². The van der Waals surface area contributed by atoms with Crippen LogP contribution in [0.4, 0.5) is 5.69 Å². The van der Waals surface area contributed by atoms with Crippen LogP contribution in [0.5, 0.6) is 5.75 Å². The number of aldehydes is 2. The highest BCUT2D eigenvalue weighted by Gasteiger charge is 2.26. The summed E-state index contributed by atoms with van der Waals surface area (Å²) in [6, 6.07) is 12.4. The molecule has 2 aromatic rings. The standard InChI is InChI=1S/C19H21NO4/c1-3-13-9-15(20-23)7-8-17(13)19(12-22)18(11-21)14-5-4-6-16(10-14)24-2/h4-12,18-20,23H,3H2,1-2H3/t18-,19+/m0/s1. The van der Waals surface area contributed by atoms with Crippen molar-refractivity contribution in [3.63, 3.8) is 0 Å². The van der Waals surface area contributed by atoms with Crippen LogP contribution in [0, 0.1) is 0 Å². The molecule has 126 valence electrons. The van der Waals surface area contributed by atoms with Gasteiger partial charge < -0.3 is 14.3 Å². The zero-order chi connectivity index (χ0) is 17.5. The molecule has 0 fully saturated rings. The smallest absolute Gasteiger partial charge is 0.128 e. The first-order chi connectivity index (χ1) is 11.7. The quantitative estimate of drug-likeness (QED) is 0.574. The van der Waals surface area contributed by atoms with Gasteiger partial charge in [0, 0.05) is 0 Å². The second-order valence-electron chi connectivity index (χ2n) is 5.48. The summed E-state index contributed by atoms with van der Waals surface area (Å²) in [4.78, 5) is 23.6. The van der Waals surface area contributed by atoms with Gasteiger partial charge in [0.25, 0.3) is 0 Å². The molecule has 0 heterocycles. The van der Waals surface area contributed by atoms with Gasteiger partial charge in [0.1, 0.15) is 18.3 Å². The number of hydrogen-bond acceptors (Lipinski definition) is 5. The first kappa shape index (κ1) is 17.7. The second-order valence-corrected chi connectivity index (χ2v) is 5.48. The summed E-state index contributed by atoms with van der Waals surface area (Å²) in [5.74, 6) is -0.562. The lowest BCUT2D eigenvalue weighted by atomic mass is 9.81. The molecule has 0 aliphatic heterocycles. The Morgan fingerprint density at radius 2 is 1.88 bits per heavy atom. The third-order valence-corrected chi connectivity index (χ3v) is 4.17. The molecule has 0 saturated heterocycles. The number of carbonyl (C=O) groups is 2. The second kappa shape index (κ2) is 8.26. The molecule has 2 rings (SSSR count). The first-order valence-corrected chi connectivity index (χ1v) is 7.75. The van der Waals surface area contributed by atoms with E-state index in [1.165, 1.54) is 0 Å². The molecule has 2 atom stereocenters. The summed E-state index contributed by atoms with van der Waals surface area (Å²) < 4.78 is 5.20. The SMILES string of the molecule is CCc1cc(NO)ccc1[C@@H](C=O)[C@@H](C=O)c1cccc(OC)c1. The van der Waals surface area contributed by atoms with E-state index >= 15 is 0 Å². The Labute approximate surface area is 141 Å². The molecule has 0 bridgehead atoms. The lowest BCUT2D eigenvalue weighted by Crippen LogP contribution is -2.16. The highest BCUT2D eigenvalue weighted by molar-refractivity contribution is 5.77. The summed E-state index contributed by atoms with van der Waals surface area (Å²) in [6.45, 7) is 1.96. The highest BCUT2D eigenvalue weighted by atomic mass is 16.5. The molecule has 5 heteroatoms. The lowest BCUT2D eigenvalue weighted by molar-refractivity contribution is -0.114. The molecule has 0 spiro atoms. The summed E-state index contributed by atoms with van der Waals surface area (Å²) in [5.41, 5.74) is 5.06. The largest absolute Gasteiger partial charge is 0.497 e. The van der Waals surface area contributed by atoms with Crippen molar-refractivity contribution in [3.8, 4) is 5.75 Å². The average Bonchev–Trinajstić information content (AvgIpc) is 2.65. The Morgan fingerprint density at radius 3 is 2.46 bits per heavy atom. The molecule has 2 aromatic carbocycles. The highest BCUT2D eigenvalue weighted by Crippen LogP contribution is 2.34. The number of aryl methyl sites for hydroxylation is 1. The van der Waals surface area contributed by atoms with Gasteiger partial charge in [0.05, 0.1) is 24.6 Å². The van der Waals surface area contributed by atoms with Crippen molar-refractivity contribution in [2.45, 2.75) is 25.2 Å². The van der Waals surface area contributed by atoms with Crippen LogP contribution in [0.2, 0.25) is 0 Å². The van der Waals surface area contributed by atoms with E-state index < -0.39 is 11.8 Å². The van der Waals surface area contributed by atoms with Gasteiger partial charge in [-0.2, -0.15) is 0 Å². The van der Waals surface area contributed by atoms with Crippen molar-refractivity contribution in [2.24, 2.45) is 0 Å². The van der Waals surface area contributed by atoms with Gasteiger partial charge in [-0.25, -0.2) is 0 Å². The van der Waals surface area contributed by atoms with Crippen LogP contribution in [0.15, 0.2) is 42.5 Å². The molecule has 0 aliphatic carbocycles. The number of nitrogens with one attached hydrogen (secondary N) is 1. The summed E-state index contributed by atoms with van der Waals surface area (Å²) in [6.07, 6.45) is 2.28. The average molecular weight is 327 g/mol. The van der Waals surface area contributed by atoms with Crippen LogP contribution < -0.4 is 10.2 Å². The van der Waals surface area contributed by atoms with Crippen molar-refractivity contribution < 1.29 is 19.5 Å². The van der Waals surface area contributed by atoms with Gasteiger partial charge in [-0.1, -0.05) is 25.1 Å². The molecule has 0 saturated carbocycles. The topological polar surface area (TPSA) is 75.6 Å². The van der Waals surface area contributed by atoms with E-state index in [2.05, 4.69) is 5.48 Å². The normalized spacial score (nSPS) is 13.0. The number of hydrogen-bond donors (Lipinski definition) is 2. The Bertz CT molecular complexity index is 714. The zero-order valence-corrected chi connectivity index (χ0v) is 13.7. The van der Waals surface area contributed by atoms with Crippen molar-refractivity contribution in [1.29, 1.82) is 0 Å². The van der Waals surface area contributed by atoms with Gasteiger partial charge in [0.2, 0.25) is 0 Å². The minimum atomic E-state index is -0.601. The number of rotatable bonds is 8. The fourth-order valence-corrected chi connectivity index (χ4v) is 2.88. The maximum absolute atomic E-state index is 11.8. The Balaban J connectivity index is 2.48. The van der Waals surface area contributed by atoms with Crippen LogP contribution in [0.25, 0.3) is 0 Å². The molecule has 0 radical (unpaired) electrons. The van der Waals surface area contributed by atoms with Crippen molar-refractivity contribution in [3.05, 3.63) is 59.2 Å². The number of anilines is 1. The van der Waals surface area contributed by atoms with Crippen molar-refractivity contribution in [2.75, 3.05) is 12.6 Å². The first-order valence-electron chi connectivity index (χ1n) is 7.75. The third-order valence-electron chi connectivity index (χ3n) is 4.17. The minimum absolute atomic E-state index is 0.546. The number of carbonyl (C=O) groups excluding carboxylic acids is 2. The van der Waals surface area contributed by atoms with Gasteiger partial charge in [0.15, 0.2) is 0 Å². The predicted octanol–water partition coefficient (Wildman–Crippen LogP) is 3.32. The maximum atomic E-state index is 11.8. The van der Waals surface area contributed by atoms with Crippen LogP contribution in [0.3, 0.4) is 0 Å². The molecule has 0 unspecified atom stereocenters. The maximum Gasteiger partial charge on any atom is 0.128 e. The van der Waals surface area contributed by atoms with Gasteiger partial charge >= 0.3 is 0 Å². The van der Waals surface area contributed by atoms with E-state index in [4.69, 9.17) is 9.94 Å². The lowest BCUT2D eigenvalue weighted by Gasteiger charge is -2.22. The third kappa shape index (κ3) is 3.63. The van der Waals surface area contributed by atoms with Crippen LogP contribution in [-0.4, -0.2) is 24.9 Å². The van der Waals surface area contributed by atoms with E-state index in [0.29, 0.717) is 17.9 Å². The van der Waals surface area contributed by atoms with Crippen molar-refractivity contribution >= 4 is 18.3 Å².